The number of ether oxygens (including phenoxy) is 4. The van der Waals surface area contributed by atoms with Crippen LogP contribution in [-0.4, -0.2) is 96.7 Å². The van der Waals surface area contributed by atoms with E-state index in [0.717, 1.165) is 95.8 Å². The fourth-order valence-corrected chi connectivity index (χ4v) is 14.0. The van der Waals surface area contributed by atoms with Crippen LogP contribution >= 0.6 is 15.6 Å². The van der Waals surface area contributed by atoms with E-state index in [4.69, 9.17) is 37.0 Å². The normalized spacial score (nSPS) is 13.9. The molecule has 0 radical (unpaired) electrons. The number of hydrogen-bond donors (Lipinski definition) is 3. The molecule has 0 aliphatic carbocycles. The monoisotopic (exact) mass is 1450 g/mol. The molecule has 0 bridgehead atoms. The molecule has 0 aromatic carbocycles. The van der Waals surface area contributed by atoms with E-state index < -0.39 is 97.5 Å². The number of phosphoric acid groups is 2. The van der Waals surface area contributed by atoms with E-state index in [1.54, 1.807) is 0 Å². The van der Waals surface area contributed by atoms with E-state index in [1.165, 1.54) is 250 Å². The fraction of sp³-hybridized carbons (Fsp3) is 0.950. The Bertz CT molecular complexity index is 1890. The summed E-state index contributed by atoms with van der Waals surface area (Å²) in [7, 11) is -9.91. The summed E-state index contributed by atoms with van der Waals surface area (Å²) in [5.74, 6) is -1.30. The summed E-state index contributed by atoms with van der Waals surface area (Å²) in [6, 6.07) is 0. The number of aliphatic hydroxyl groups is 1. The molecule has 0 aromatic heterocycles. The van der Waals surface area contributed by atoms with Crippen LogP contribution in [0.4, 0.5) is 0 Å². The van der Waals surface area contributed by atoms with Crippen molar-refractivity contribution in [3.63, 3.8) is 0 Å². The van der Waals surface area contributed by atoms with Crippen molar-refractivity contribution in [2.24, 2.45) is 5.92 Å². The first kappa shape index (κ1) is 97.1. The molecule has 17 nitrogen and oxygen atoms in total. The maximum Gasteiger partial charge on any atom is 0.472 e. The number of carbonyl (C=O) groups is 4. The average molecular weight is 1450 g/mol. The molecule has 0 saturated carbocycles. The standard InChI is InChI=1S/C80H156O17P2/c1-6-9-12-15-18-21-23-25-27-28-29-32-36-39-44-49-54-59-64-78(83)91-70-76(97-80(85)66-61-56-51-46-41-37-33-30-31-34-38-43-47-52-57-62-73(4)5)72-95-99(88,89)93-68-74(81)67-92-98(86,87)94-71-75(69-90-77(82)63-58-53-48-42-20-17-14-11-8-3)96-79(84)65-60-55-50-45-40-35-26-24-22-19-16-13-10-7-2/h73-76,81H,6-72H2,1-5H3,(H,86,87)(H,88,89)/t74-,75+,76+/m0/s1. The van der Waals surface area contributed by atoms with E-state index in [9.17, 15) is 43.2 Å². The highest BCUT2D eigenvalue weighted by Gasteiger charge is 2.30. The minimum Gasteiger partial charge on any atom is -0.462 e. The zero-order chi connectivity index (χ0) is 72.7. The summed E-state index contributed by atoms with van der Waals surface area (Å²) in [4.78, 5) is 72.9. The summed E-state index contributed by atoms with van der Waals surface area (Å²) in [6.07, 6.45) is 63.8. The maximum absolute atomic E-state index is 13.1. The number of rotatable bonds is 80. The number of carbonyl (C=O) groups excluding carboxylic acids is 4. The van der Waals surface area contributed by atoms with Crippen molar-refractivity contribution < 1.29 is 80.2 Å². The van der Waals surface area contributed by atoms with Crippen molar-refractivity contribution in [3.05, 3.63) is 0 Å². The van der Waals surface area contributed by atoms with E-state index >= 15 is 0 Å². The Kier molecular flexibility index (Phi) is 71.6. The van der Waals surface area contributed by atoms with Gasteiger partial charge in [0, 0.05) is 25.7 Å². The third kappa shape index (κ3) is 74.1. The molecule has 0 aliphatic heterocycles. The van der Waals surface area contributed by atoms with Gasteiger partial charge in [-0.05, 0) is 31.6 Å². The first-order chi connectivity index (χ1) is 48.0. The van der Waals surface area contributed by atoms with Crippen molar-refractivity contribution in [2.45, 2.75) is 445 Å². The van der Waals surface area contributed by atoms with Gasteiger partial charge in [0.25, 0.3) is 0 Å². The van der Waals surface area contributed by atoms with Crippen LogP contribution in [0.5, 0.6) is 0 Å². The van der Waals surface area contributed by atoms with Gasteiger partial charge in [-0.3, -0.25) is 37.3 Å². The Hall–Kier alpha value is -1.94. The molecule has 5 atom stereocenters. The summed E-state index contributed by atoms with van der Waals surface area (Å²) in [5, 5.41) is 10.6. The lowest BCUT2D eigenvalue weighted by atomic mass is 10.0. The highest BCUT2D eigenvalue weighted by atomic mass is 31.2. The Morgan fingerprint density at radius 3 is 0.687 bits per heavy atom. The zero-order valence-corrected chi connectivity index (χ0v) is 66.4. The molecule has 99 heavy (non-hydrogen) atoms. The van der Waals surface area contributed by atoms with Crippen LogP contribution in [0, 0.1) is 5.92 Å². The Labute approximate surface area is 607 Å². The first-order valence-electron chi connectivity index (χ1n) is 41.6. The molecular weight excluding hydrogens is 1290 g/mol. The third-order valence-electron chi connectivity index (χ3n) is 18.8. The van der Waals surface area contributed by atoms with Gasteiger partial charge >= 0.3 is 39.5 Å². The quantitative estimate of drug-likeness (QED) is 0.0222. The summed E-state index contributed by atoms with van der Waals surface area (Å²) >= 11 is 0. The molecule has 588 valence electrons. The van der Waals surface area contributed by atoms with Gasteiger partial charge in [0.15, 0.2) is 12.2 Å². The molecule has 0 fully saturated rings. The highest BCUT2D eigenvalue weighted by molar-refractivity contribution is 7.47. The average Bonchev–Trinajstić information content (AvgIpc) is 1.12. The smallest absolute Gasteiger partial charge is 0.462 e. The van der Waals surface area contributed by atoms with Gasteiger partial charge < -0.3 is 33.8 Å². The van der Waals surface area contributed by atoms with Crippen molar-refractivity contribution in [1.82, 2.24) is 0 Å². The van der Waals surface area contributed by atoms with Gasteiger partial charge in [-0.1, -0.05) is 375 Å². The molecule has 0 aliphatic rings. The summed E-state index contributed by atoms with van der Waals surface area (Å²) in [6.45, 7) is 7.34. The van der Waals surface area contributed by atoms with E-state index in [2.05, 4.69) is 34.6 Å². The Morgan fingerprint density at radius 1 is 0.273 bits per heavy atom. The molecule has 0 spiro atoms. The van der Waals surface area contributed by atoms with Crippen LogP contribution < -0.4 is 0 Å². The number of aliphatic hydroxyl groups excluding tert-OH is 1. The Balaban J connectivity index is 5.22. The number of phosphoric ester groups is 2. The van der Waals surface area contributed by atoms with Crippen LogP contribution in [0.15, 0.2) is 0 Å². The minimum atomic E-state index is -4.96. The number of esters is 4. The van der Waals surface area contributed by atoms with Crippen molar-refractivity contribution in [3.8, 4) is 0 Å². The van der Waals surface area contributed by atoms with E-state index in [0.29, 0.717) is 25.7 Å². The van der Waals surface area contributed by atoms with Crippen LogP contribution in [0.2, 0.25) is 0 Å². The lowest BCUT2D eigenvalue weighted by Gasteiger charge is -2.21. The van der Waals surface area contributed by atoms with Gasteiger partial charge in [0.05, 0.1) is 26.4 Å². The van der Waals surface area contributed by atoms with Crippen molar-refractivity contribution >= 4 is 39.5 Å². The van der Waals surface area contributed by atoms with Gasteiger partial charge in [-0.2, -0.15) is 0 Å². The molecule has 0 rings (SSSR count). The second-order valence-corrected chi connectivity index (χ2v) is 32.2. The maximum atomic E-state index is 13.1. The zero-order valence-electron chi connectivity index (χ0n) is 64.6. The van der Waals surface area contributed by atoms with E-state index in [1.807, 2.05) is 0 Å². The topological polar surface area (TPSA) is 237 Å². The number of hydrogen-bond acceptors (Lipinski definition) is 15. The fourth-order valence-electron chi connectivity index (χ4n) is 12.4. The predicted octanol–water partition coefficient (Wildman–Crippen LogP) is 24.0. The van der Waals surface area contributed by atoms with Gasteiger partial charge in [-0.25, -0.2) is 9.13 Å². The van der Waals surface area contributed by atoms with Crippen LogP contribution in [0.3, 0.4) is 0 Å². The van der Waals surface area contributed by atoms with E-state index in [-0.39, 0.29) is 25.7 Å². The SMILES string of the molecule is CCCCCCCCCCCCCCCCCCCCC(=O)OC[C@H](COP(=O)(O)OC[C@@H](O)COP(=O)(O)OC[C@@H](COC(=O)CCCCCCCCCCC)OC(=O)CCCCCCCCCCCCCCCC)OC(=O)CCCCCCCCCCCCCCCCCC(C)C. The molecule has 0 heterocycles. The molecular formula is C80H156O17P2. The molecule has 3 N–H and O–H groups in total. The molecule has 19 heteroatoms. The van der Waals surface area contributed by atoms with Crippen LogP contribution in [0.25, 0.3) is 0 Å². The second kappa shape index (κ2) is 73.0. The lowest BCUT2D eigenvalue weighted by Crippen LogP contribution is -2.30. The van der Waals surface area contributed by atoms with Gasteiger partial charge in [0.1, 0.15) is 19.3 Å². The molecule has 0 amide bonds. The summed E-state index contributed by atoms with van der Waals surface area (Å²) in [5.41, 5.74) is 0. The third-order valence-corrected chi connectivity index (χ3v) is 20.7. The second-order valence-electron chi connectivity index (χ2n) is 29.3. The predicted molar refractivity (Wildman–Crippen MR) is 405 cm³/mol. The van der Waals surface area contributed by atoms with Crippen molar-refractivity contribution in [2.75, 3.05) is 39.6 Å². The molecule has 0 saturated heterocycles. The number of unbranched alkanes of at least 4 members (excludes halogenated alkanes) is 52. The largest absolute Gasteiger partial charge is 0.472 e. The van der Waals surface area contributed by atoms with Gasteiger partial charge in [0.2, 0.25) is 0 Å². The van der Waals surface area contributed by atoms with Crippen LogP contribution in [-0.2, 0) is 65.4 Å². The van der Waals surface area contributed by atoms with Gasteiger partial charge in [-0.15, -0.1) is 0 Å². The highest BCUT2D eigenvalue weighted by Crippen LogP contribution is 2.45. The van der Waals surface area contributed by atoms with Crippen LogP contribution in [0.1, 0.15) is 426 Å². The minimum absolute atomic E-state index is 0.108. The van der Waals surface area contributed by atoms with Crippen molar-refractivity contribution in [1.29, 1.82) is 0 Å². The first-order valence-corrected chi connectivity index (χ1v) is 44.6. The Morgan fingerprint density at radius 2 is 0.465 bits per heavy atom. The lowest BCUT2D eigenvalue weighted by molar-refractivity contribution is -0.161. The molecule has 2 unspecified atom stereocenters. The molecule has 0 aromatic rings. The summed E-state index contributed by atoms with van der Waals surface area (Å²) < 4.78 is 68.7.